The molecule has 78 valence electrons. The Bertz CT molecular complexity index is 355. The number of benzene rings is 1. The van der Waals surface area contributed by atoms with E-state index in [2.05, 4.69) is 0 Å². The first-order valence-corrected chi connectivity index (χ1v) is 4.54. The van der Waals surface area contributed by atoms with Crippen molar-refractivity contribution in [3.8, 4) is 5.75 Å². The first-order valence-electron chi connectivity index (χ1n) is 4.16. The first kappa shape index (κ1) is 14.8. The van der Waals surface area contributed by atoms with Crippen LogP contribution in [-0.2, 0) is 4.79 Å². The molecule has 3 nitrogen and oxygen atoms in total. The van der Waals surface area contributed by atoms with Crippen LogP contribution in [0.1, 0.15) is 12.5 Å². The summed E-state index contributed by atoms with van der Waals surface area (Å²) in [5.41, 5.74) is 0.825. The number of carboxylic acid groups (broad SMARTS) is 1. The molecule has 0 aliphatic heterocycles. The van der Waals surface area contributed by atoms with E-state index in [1.54, 1.807) is 18.2 Å². The van der Waals surface area contributed by atoms with Crippen molar-refractivity contribution in [2.75, 3.05) is 0 Å². The Morgan fingerprint density at radius 1 is 1.53 bits per heavy atom. The second-order valence-electron chi connectivity index (χ2n) is 3.01. The second-order valence-corrected chi connectivity index (χ2v) is 3.44. The number of aliphatic carboxylic acids is 1. The molecule has 0 fully saturated rings. The van der Waals surface area contributed by atoms with Crippen LogP contribution in [0.4, 0.5) is 0 Å². The molecule has 0 heterocycles. The van der Waals surface area contributed by atoms with Gasteiger partial charge < -0.3 is 9.84 Å². The molecule has 1 unspecified atom stereocenters. The van der Waals surface area contributed by atoms with Crippen molar-refractivity contribution in [1.82, 2.24) is 0 Å². The van der Waals surface area contributed by atoms with Gasteiger partial charge in [0.2, 0.25) is 0 Å². The van der Waals surface area contributed by atoms with E-state index in [1.807, 2.05) is 6.92 Å². The molecule has 0 aliphatic rings. The third-order valence-corrected chi connectivity index (χ3v) is 2.02. The SMILES string of the molecule is Cc1cc(Cl)ccc1OC(C)C(=O)O.[NaH]. The quantitative estimate of drug-likeness (QED) is 0.818. The number of carbonyl (C=O) groups is 1. The van der Waals surface area contributed by atoms with Crippen molar-refractivity contribution in [1.29, 1.82) is 0 Å². The summed E-state index contributed by atoms with van der Waals surface area (Å²) in [4.78, 5) is 10.5. The Morgan fingerprint density at radius 2 is 2.13 bits per heavy atom. The van der Waals surface area contributed by atoms with E-state index in [-0.39, 0.29) is 29.6 Å². The Kier molecular flexibility index (Phi) is 6.29. The van der Waals surface area contributed by atoms with Crippen LogP contribution in [0.3, 0.4) is 0 Å². The number of carboxylic acids is 1. The van der Waals surface area contributed by atoms with Gasteiger partial charge in [0.1, 0.15) is 5.75 Å². The summed E-state index contributed by atoms with van der Waals surface area (Å²) in [7, 11) is 0. The summed E-state index contributed by atoms with van der Waals surface area (Å²) < 4.78 is 5.20. The molecule has 1 aromatic carbocycles. The van der Waals surface area contributed by atoms with Gasteiger partial charge in [-0.25, -0.2) is 4.79 Å². The Balaban J connectivity index is 0.00000196. The van der Waals surface area contributed by atoms with Gasteiger partial charge in [-0.05, 0) is 37.6 Å². The third-order valence-electron chi connectivity index (χ3n) is 1.79. The van der Waals surface area contributed by atoms with E-state index in [1.165, 1.54) is 6.92 Å². The van der Waals surface area contributed by atoms with Crippen LogP contribution in [0.15, 0.2) is 18.2 Å². The van der Waals surface area contributed by atoms with Crippen LogP contribution in [0.2, 0.25) is 5.02 Å². The summed E-state index contributed by atoms with van der Waals surface area (Å²) in [6.45, 7) is 3.30. The summed E-state index contributed by atoms with van der Waals surface area (Å²) in [6, 6.07) is 5.06. The molecule has 1 aromatic rings. The molecule has 0 amide bonds. The summed E-state index contributed by atoms with van der Waals surface area (Å²) in [5, 5.41) is 9.25. The maximum absolute atomic E-state index is 10.5. The number of aryl methyl sites for hydroxylation is 1. The van der Waals surface area contributed by atoms with Crippen LogP contribution >= 0.6 is 11.6 Å². The molecule has 0 aliphatic carbocycles. The molecular weight excluding hydrogens is 227 g/mol. The monoisotopic (exact) mass is 238 g/mol. The van der Waals surface area contributed by atoms with E-state index in [4.69, 9.17) is 21.4 Å². The van der Waals surface area contributed by atoms with Crippen molar-refractivity contribution in [2.24, 2.45) is 0 Å². The van der Waals surface area contributed by atoms with E-state index in [9.17, 15) is 4.79 Å². The second kappa shape index (κ2) is 6.38. The van der Waals surface area contributed by atoms with Crippen LogP contribution in [0.25, 0.3) is 0 Å². The third kappa shape index (κ3) is 4.43. The van der Waals surface area contributed by atoms with Gasteiger partial charge in [-0.3, -0.25) is 0 Å². The van der Waals surface area contributed by atoms with Crippen molar-refractivity contribution >= 4 is 47.1 Å². The molecule has 0 spiro atoms. The fraction of sp³-hybridized carbons (Fsp3) is 0.300. The molecular formula is C10H12ClNaO3. The van der Waals surface area contributed by atoms with Gasteiger partial charge in [0.05, 0.1) is 0 Å². The predicted octanol–water partition coefficient (Wildman–Crippen LogP) is 1.85. The average Bonchev–Trinajstić information content (AvgIpc) is 2.09. The molecule has 15 heavy (non-hydrogen) atoms. The van der Waals surface area contributed by atoms with Gasteiger partial charge in [0.25, 0.3) is 0 Å². The van der Waals surface area contributed by atoms with Gasteiger partial charge >= 0.3 is 35.5 Å². The zero-order valence-electron chi connectivity index (χ0n) is 7.95. The van der Waals surface area contributed by atoms with E-state index >= 15 is 0 Å². The van der Waals surface area contributed by atoms with Crippen molar-refractivity contribution < 1.29 is 14.6 Å². The van der Waals surface area contributed by atoms with Gasteiger partial charge in [-0.2, -0.15) is 0 Å². The first-order chi connectivity index (χ1) is 6.50. The average molecular weight is 239 g/mol. The van der Waals surface area contributed by atoms with Gasteiger partial charge in [-0.1, -0.05) is 11.6 Å². The van der Waals surface area contributed by atoms with Crippen LogP contribution < -0.4 is 4.74 Å². The van der Waals surface area contributed by atoms with Gasteiger partial charge in [0, 0.05) is 5.02 Å². The molecule has 0 saturated heterocycles. The molecule has 1 atom stereocenters. The molecule has 0 radical (unpaired) electrons. The van der Waals surface area contributed by atoms with Crippen molar-refractivity contribution in [3.05, 3.63) is 28.8 Å². The van der Waals surface area contributed by atoms with E-state index in [0.717, 1.165) is 5.56 Å². The zero-order chi connectivity index (χ0) is 10.7. The maximum atomic E-state index is 10.5. The molecule has 1 rings (SSSR count). The summed E-state index contributed by atoms with van der Waals surface area (Å²) in [5.74, 6) is -0.441. The fourth-order valence-electron chi connectivity index (χ4n) is 0.986. The zero-order valence-corrected chi connectivity index (χ0v) is 8.71. The Hall–Kier alpha value is -0.220. The minimum atomic E-state index is -0.987. The van der Waals surface area contributed by atoms with Crippen LogP contribution in [0.5, 0.6) is 5.75 Å². The number of rotatable bonds is 3. The Morgan fingerprint density at radius 3 is 2.60 bits per heavy atom. The number of halogens is 1. The number of hydrogen-bond donors (Lipinski definition) is 1. The van der Waals surface area contributed by atoms with E-state index < -0.39 is 12.1 Å². The molecule has 0 saturated carbocycles. The predicted molar refractivity (Wildman–Crippen MR) is 61.1 cm³/mol. The molecule has 1 N–H and O–H groups in total. The fourth-order valence-corrected chi connectivity index (χ4v) is 1.21. The van der Waals surface area contributed by atoms with Crippen LogP contribution in [-0.4, -0.2) is 46.7 Å². The standard InChI is InChI=1S/C10H11ClO3.Na.H/c1-6-5-8(11)3-4-9(6)14-7(2)10(12)13;;/h3-5,7H,1-2H3,(H,12,13);;. The van der Waals surface area contributed by atoms with Crippen molar-refractivity contribution in [2.45, 2.75) is 20.0 Å². The van der Waals surface area contributed by atoms with Gasteiger partial charge in [-0.15, -0.1) is 0 Å². The molecule has 0 aromatic heterocycles. The van der Waals surface area contributed by atoms with Crippen LogP contribution in [0, 0.1) is 6.92 Å². The number of ether oxygens (including phenoxy) is 1. The minimum absolute atomic E-state index is 0. The topological polar surface area (TPSA) is 46.5 Å². The molecule has 0 bridgehead atoms. The molecule has 5 heteroatoms. The Labute approximate surface area is 116 Å². The summed E-state index contributed by atoms with van der Waals surface area (Å²) in [6.07, 6.45) is -0.852. The number of hydrogen-bond acceptors (Lipinski definition) is 2. The van der Waals surface area contributed by atoms with Gasteiger partial charge in [0.15, 0.2) is 6.10 Å². The normalized spacial score (nSPS) is 11.4. The summed E-state index contributed by atoms with van der Waals surface area (Å²) >= 11 is 5.74. The van der Waals surface area contributed by atoms with E-state index in [0.29, 0.717) is 10.8 Å². The van der Waals surface area contributed by atoms with Crippen molar-refractivity contribution in [3.63, 3.8) is 0 Å².